The molecule has 0 amide bonds. The molecule has 0 aliphatic carbocycles. The normalized spacial score (nSPS) is 12.2. The van der Waals surface area contributed by atoms with Gasteiger partial charge in [-0.15, -0.1) is 11.3 Å². The number of carbonyl (C=O) groups excluding carboxylic acids is 1. The molecule has 3 rings (SSSR count). The van der Waals surface area contributed by atoms with Gasteiger partial charge in [-0.2, -0.15) is 0 Å². The Kier molecular flexibility index (Phi) is 5.76. The van der Waals surface area contributed by atoms with Gasteiger partial charge in [0.2, 0.25) is 0 Å². The van der Waals surface area contributed by atoms with E-state index in [-0.39, 0.29) is 24.5 Å². The highest BCUT2D eigenvalue weighted by Crippen LogP contribution is 2.28. The molecule has 2 aromatic heterocycles. The Morgan fingerprint density at radius 2 is 2.07 bits per heavy atom. The largest absolute Gasteiger partial charge is 0.488 e. The lowest BCUT2D eigenvalue weighted by molar-refractivity contribution is 0.0605. The van der Waals surface area contributed by atoms with E-state index in [2.05, 4.69) is 4.98 Å². The van der Waals surface area contributed by atoms with E-state index in [1.165, 1.54) is 29.9 Å². The first-order valence-electron chi connectivity index (χ1n) is 8.47. The summed E-state index contributed by atoms with van der Waals surface area (Å²) in [5.41, 5.74) is 0.131. The van der Waals surface area contributed by atoms with Gasteiger partial charge in [-0.05, 0) is 31.5 Å². The van der Waals surface area contributed by atoms with E-state index in [4.69, 9.17) is 9.47 Å². The molecule has 2 heterocycles. The van der Waals surface area contributed by atoms with Crippen molar-refractivity contribution in [2.24, 2.45) is 0 Å². The zero-order chi connectivity index (χ0) is 20.4. The number of fused-ring (bicyclic) bond motifs is 1. The standard InChI is InChI=1S/C19H19FN2O5S/c1-10-15-17(28-16(10)19(25)26-3)21-11(2)22(18(15)24)8-12(23)9-27-14-7-5-4-6-13(14)20/h4-7,12,23H,8-9H2,1-3H3/t12-/m1/s1. The average Bonchev–Trinajstić information content (AvgIpc) is 3.00. The van der Waals surface area contributed by atoms with Crippen molar-refractivity contribution >= 4 is 27.5 Å². The number of ether oxygens (including phenoxy) is 2. The number of aliphatic hydroxyl groups is 1. The van der Waals surface area contributed by atoms with Crippen molar-refractivity contribution in [2.45, 2.75) is 26.5 Å². The van der Waals surface area contributed by atoms with Crippen LogP contribution >= 0.6 is 11.3 Å². The number of aliphatic hydroxyl groups excluding tert-OH is 1. The van der Waals surface area contributed by atoms with Crippen LogP contribution in [-0.4, -0.2) is 40.4 Å². The summed E-state index contributed by atoms with van der Waals surface area (Å²) in [6.45, 7) is 3.02. The summed E-state index contributed by atoms with van der Waals surface area (Å²) in [6.07, 6.45) is -1.06. The van der Waals surface area contributed by atoms with Crippen molar-refractivity contribution in [1.82, 2.24) is 9.55 Å². The number of aryl methyl sites for hydroxylation is 2. The number of rotatable bonds is 6. The van der Waals surface area contributed by atoms with Gasteiger partial charge in [0.05, 0.1) is 19.0 Å². The fourth-order valence-corrected chi connectivity index (χ4v) is 3.97. The number of esters is 1. The molecule has 0 saturated heterocycles. The first kappa shape index (κ1) is 20.0. The van der Waals surface area contributed by atoms with Crippen molar-refractivity contribution < 1.29 is 23.8 Å². The quantitative estimate of drug-likeness (QED) is 0.633. The summed E-state index contributed by atoms with van der Waals surface area (Å²) in [5, 5.41) is 10.6. The number of nitrogens with zero attached hydrogens (tertiary/aromatic N) is 2. The van der Waals surface area contributed by atoms with Crippen LogP contribution in [0.1, 0.15) is 21.1 Å². The van der Waals surface area contributed by atoms with Gasteiger partial charge in [-0.1, -0.05) is 12.1 Å². The van der Waals surface area contributed by atoms with Crippen molar-refractivity contribution in [2.75, 3.05) is 13.7 Å². The van der Waals surface area contributed by atoms with Crippen LogP contribution < -0.4 is 10.3 Å². The molecular formula is C19H19FN2O5S. The molecule has 1 atom stereocenters. The second-order valence-electron chi connectivity index (χ2n) is 6.20. The topological polar surface area (TPSA) is 90.7 Å². The van der Waals surface area contributed by atoms with E-state index in [0.29, 0.717) is 26.5 Å². The smallest absolute Gasteiger partial charge is 0.348 e. The lowest BCUT2D eigenvalue weighted by Gasteiger charge is -2.16. The maximum Gasteiger partial charge on any atom is 0.348 e. The van der Waals surface area contributed by atoms with Gasteiger partial charge in [0.25, 0.3) is 5.56 Å². The Morgan fingerprint density at radius 3 is 2.75 bits per heavy atom. The first-order chi connectivity index (χ1) is 13.3. The Morgan fingerprint density at radius 1 is 1.36 bits per heavy atom. The van der Waals surface area contributed by atoms with Crippen LogP contribution in [0.2, 0.25) is 0 Å². The van der Waals surface area contributed by atoms with Crippen molar-refractivity contribution in [1.29, 1.82) is 0 Å². The zero-order valence-corrected chi connectivity index (χ0v) is 16.4. The minimum atomic E-state index is -1.06. The predicted octanol–water partition coefficient (Wildman–Crippen LogP) is 2.44. The summed E-state index contributed by atoms with van der Waals surface area (Å²) in [7, 11) is 1.27. The van der Waals surface area contributed by atoms with Gasteiger partial charge in [0.1, 0.15) is 28.2 Å². The average molecular weight is 406 g/mol. The minimum Gasteiger partial charge on any atom is -0.488 e. The molecule has 0 saturated carbocycles. The van der Waals surface area contributed by atoms with Crippen LogP contribution in [0.4, 0.5) is 4.39 Å². The SMILES string of the molecule is COC(=O)c1sc2nc(C)n(C[C@@H](O)COc3ccccc3F)c(=O)c2c1C. The molecule has 7 nitrogen and oxygen atoms in total. The Balaban J connectivity index is 1.86. The molecular weight excluding hydrogens is 387 g/mol. The van der Waals surface area contributed by atoms with E-state index in [9.17, 15) is 19.1 Å². The van der Waals surface area contributed by atoms with Gasteiger partial charge in [-0.3, -0.25) is 9.36 Å². The highest BCUT2D eigenvalue weighted by Gasteiger charge is 2.22. The number of halogens is 1. The van der Waals surface area contributed by atoms with Gasteiger partial charge in [-0.25, -0.2) is 14.2 Å². The molecule has 3 aromatic rings. The monoisotopic (exact) mass is 406 g/mol. The number of thiophene rings is 1. The maximum atomic E-state index is 13.6. The maximum absolute atomic E-state index is 13.6. The predicted molar refractivity (Wildman–Crippen MR) is 103 cm³/mol. The third-order valence-corrected chi connectivity index (χ3v) is 5.44. The van der Waals surface area contributed by atoms with Crippen LogP contribution in [-0.2, 0) is 11.3 Å². The van der Waals surface area contributed by atoms with Crippen LogP contribution in [0.25, 0.3) is 10.2 Å². The van der Waals surface area contributed by atoms with E-state index in [0.717, 1.165) is 11.3 Å². The van der Waals surface area contributed by atoms with Crippen molar-refractivity contribution in [3.8, 4) is 5.75 Å². The molecule has 0 aliphatic heterocycles. The van der Waals surface area contributed by atoms with Gasteiger partial charge >= 0.3 is 5.97 Å². The number of aromatic nitrogens is 2. The summed E-state index contributed by atoms with van der Waals surface area (Å²) in [6, 6.07) is 5.87. The number of carbonyl (C=O) groups is 1. The molecule has 0 bridgehead atoms. The molecule has 9 heteroatoms. The summed E-state index contributed by atoms with van der Waals surface area (Å²) < 4.78 is 25.0. The van der Waals surface area contributed by atoms with Crippen LogP contribution in [0.5, 0.6) is 5.75 Å². The molecule has 148 valence electrons. The third kappa shape index (κ3) is 3.76. The lowest BCUT2D eigenvalue weighted by Crippen LogP contribution is -2.32. The first-order valence-corrected chi connectivity index (χ1v) is 9.29. The zero-order valence-electron chi connectivity index (χ0n) is 15.6. The molecule has 0 radical (unpaired) electrons. The summed E-state index contributed by atoms with van der Waals surface area (Å²) in [4.78, 5) is 29.9. The van der Waals surface area contributed by atoms with E-state index >= 15 is 0 Å². The van der Waals surface area contributed by atoms with Gasteiger partial charge in [0, 0.05) is 0 Å². The second kappa shape index (κ2) is 8.07. The highest BCUT2D eigenvalue weighted by atomic mass is 32.1. The molecule has 0 spiro atoms. The number of para-hydroxylation sites is 1. The van der Waals surface area contributed by atoms with Gasteiger partial charge < -0.3 is 14.6 Å². The van der Waals surface area contributed by atoms with Crippen LogP contribution in [0, 0.1) is 19.7 Å². The molecule has 0 aliphatic rings. The Bertz CT molecular complexity index is 1090. The van der Waals surface area contributed by atoms with Gasteiger partial charge in [0.15, 0.2) is 11.6 Å². The van der Waals surface area contributed by atoms with E-state index < -0.39 is 17.9 Å². The van der Waals surface area contributed by atoms with Crippen LogP contribution in [0.15, 0.2) is 29.1 Å². The summed E-state index contributed by atoms with van der Waals surface area (Å²) in [5.74, 6) is -0.645. The molecule has 1 aromatic carbocycles. The highest BCUT2D eigenvalue weighted by molar-refractivity contribution is 7.20. The fourth-order valence-electron chi connectivity index (χ4n) is 2.83. The number of hydrogen-bond donors (Lipinski definition) is 1. The van der Waals surface area contributed by atoms with Crippen molar-refractivity contribution in [3.05, 3.63) is 56.7 Å². The molecule has 1 N–H and O–H groups in total. The van der Waals surface area contributed by atoms with Crippen molar-refractivity contribution in [3.63, 3.8) is 0 Å². The Hall–Kier alpha value is -2.78. The van der Waals surface area contributed by atoms with E-state index in [1.807, 2.05) is 0 Å². The molecule has 0 fully saturated rings. The van der Waals surface area contributed by atoms with Crippen LogP contribution in [0.3, 0.4) is 0 Å². The molecule has 0 unspecified atom stereocenters. The minimum absolute atomic E-state index is 0.0237. The number of methoxy groups -OCH3 is 1. The Labute approximate surface area is 164 Å². The number of benzene rings is 1. The van der Waals surface area contributed by atoms with E-state index in [1.54, 1.807) is 19.9 Å². The molecule has 28 heavy (non-hydrogen) atoms. The summed E-state index contributed by atoms with van der Waals surface area (Å²) >= 11 is 1.09. The second-order valence-corrected chi connectivity index (χ2v) is 7.20. The number of hydrogen-bond acceptors (Lipinski definition) is 7. The fraction of sp³-hybridized carbons (Fsp3) is 0.316. The third-order valence-electron chi connectivity index (χ3n) is 4.27. The lowest BCUT2D eigenvalue weighted by atomic mass is 10.2.